The third-order valence-electron chi connectivity index (χ3n) is 2.24. The number of nitrogens with one attached hydrogen (secondary N) is 1. The molecule has 4 heteroatoms. The van der Waals surface area contributed by atoms with Crippen LogP contribution >= 0.6 is 0 Å². The fourth-order valence-electron chi connectivity index (χ4n) is 1.55. The molecule has 82 valence electrons. The molecule has 0 radical (unpaired) electrons. The average molecular weight is 209 g/mol. The van der Waals surface area contributed by atoms with Crippen LogP contribution in [0.4, 0.5) is 0 Å². The summed E-state index contributed by atoms with van der Waals surface area (Å²) in [6.07, 6.45) is 0.746. The molecule has 1 aromatic rings. The van der Waals surface area contributed by atoms with Gasteiger partial charge in [-0.1, -0.05) is 0 Å². The smallest absolute Gasteiger partial charge is 0.303 e. The number of rotatable bonds is 5. The first-order chi connectivity index (χ1) is 7.00. The molecule has 0 spiro atoms. The van der Waals surface area contributed by atoms with Gasteiger partial charge in [0.1, 0.15) is 0 Å². The Morgan fingerprint density at radius 3 is 2.47 bits per heavy atom. The van der Waals surface area contributed by atoms with E-state index in [0.717, 1.165) is 11.4 Å². The van der Waals surface area contributed by atoms with Crippen molar-refractivity contribution >= 4 is 11.8 Å². The molecule has 4 nitrogen and oxygen atoms in total. The average Bonchev–Trinajstić information content (AvgIpc) is 2.44. The predicted molar refractivity (Wildman–Crippen MR) is 56.1 cm³/mol. The minimum atomic E-state index is -0.857. The van der Waals surface area contributed by atoms with E-state index in [4.69, 9.17) is 5.11 Å². The Kier molecular flexibility index (Phi) is 3.66. The molecule has 0 unspecified atom stereocenters. The molecule has 0 amide bonds. The SMILES string of the molecule is Cc1cc(C(=O)CCCC(=O)O)c(C)[nH]1. The number of aromatic amines is 1. The molecule has 0 saturated heterocycles. The molecule has 0 fully saturated rings. The number of carboxylic acid groups (broad SMARTS) is 1. The zero-order valence-electron chi connectivity index (χ0n) is 8.96. The van der Waals surface area contributed by atoms with Gasteiger partial charge in [-0.05, 0) is 26.3 Å². The maximum atomic E-state index is 11.6. The molecule has 0 aliphatic rings. The van der Waals surface area contributed by atoms with Crippen molar-refractivity contribution in [1.82, 2.24) is 4.98 Å². The van der Waals surface area contributed by atoms with Gasteiger partial charge in [0, 0.05) is 29.8 Å². The Labute approximate surface area is 88.3 Å². The quantitative estimate of drug-likeness (QED) is 0.729. The van der Waals surface area contributed by atoms with E-state index in [9.17, 15) is 9.59 Å². The van der Waals surface area contributed by atoms with E-state index >= 15 is 0 Å². The van der Waals surface area contributed by atoms with E-state index in [-0.39, 0.29) is 12.2 Å². The number of aliphatic carboxylic acids is 1. The molecule has 0 aromatic carbocycles. The first-order valence-electron chi connectivity index (χ1n) is 4.92. The Morgan fingerprint density at radius 1 is 1.33 bits per heavy atom. The van der Waals surface area contributed by atoms with Gasteiger partial charge in [0.2, 0.25) is 0 Å². The van der Waals surface area contributed by atoms with Gasteiger partial charge in [0.25, 0.3) is 0 Å². The predicted octanol–water partition coefficient (Wildman–Crippen LogP) is 2.07. The lowest BCUT2D eigenvalue weighted by Gasteiger charge is -1.98. The van der Waals surface area contributed by atoms with Gasteiger partial charge < -0.3 is 10.1 Å². The van der Waals surface area contributed by atoms with Crippen LogP contribution in [0.5, 0.6) is 0 Å². The van der Waals surface area contributed by atoms with Crippen LogP contribution in [0, 0.1) is 13.8 Å². The first kappa shape index (κ1) is 11.5. The Balaban J connectivity index is 2.54. The van der Waals surface area contributed by atoms with Crippen molar-refractivity contribution < 1.29 is 14.7 Å². The highest BCUT2D eigenvalue weighted by molar-refractivity contribution is 5.97. The maximum Gasteiger partial charge on any atom is 0.303 e. The van der Waals surface area contributed by atoms with Crippen molar-refractivity contribution in [1.29, 1.82) is 0 Å². The fourth-order valence-corrected chi connectivity index (χ4v) is 1.55. The van der Waals surface area contributed by atoms with Gasteiger partial charge in [0.15, 0.2) is 5.78 Å². The van der Waals surface area contributed by atoms with Crippen LogP contribution in [0.15, 0.2) is 6.07 Å². The van der Waals surface area contributed by atoms with Gasteiger partial charge in [-0.15, -0.1) is 0 Å². The van der Waals surface area contributed by atoms with Crippen LogP contribution in [0.2, 0.25) is 0 Å². The number of hydrogen-bond acceptors (Lipinski definition) is 2. The van der Waals surface area contributed by atoms with E-state index in [1.165, 1.54) is 0 Å². The normalized spacial score (nSPS) is 10.3. The minimum Gasteiger partial charge on any atom is -0.481 e. The van der Waals surface area contributed by atoms with Gasteiger partial charge >= 0.3 is 5.97 Å². The highest BCUT2D eigenvalue weighted by atomic mass is 16.4. The summed E-state index contributed by atoms with van der Waals surface area (Å²) in [6, 6.07) is 1.80. The minimum absolute atomic E-state index is 0.0121. The van der Waals surface area contributed by atoms with Crippen LogP contribution in [0.1, 0.15) is 41.0 Å². The summed E-state index contributed by atoms with van der Waals surface area (Å²) in [5, 5.41) is 8.44. The molecule has 1 rings (SSSR count). The largest absolute Gasteiger partial charge is 0.481 e. The molecule has 1 heterocycles. The molecule has 0 aliphatic heterocycles. The first-order valence-corrected chi connectivity index (χ1v) is 4.92. The number of hydrogen-bond donors (Lipinski definition) is 2. The van der Waals surface area contributed by atoms with Crippen molar-refractivity contribution in [2.24, 2.45) is 0 Å². The van der Waals surface area contributed by atoms with E-state index in [1.807, 2.05) is 13.8 Å². The van der Waals surface area contributed by atoms with E-state index < -0.39 is 5.97 Å². The molecule has 15 heavy (non-hydrogen) atoms. The lowest BCUT2D eigenvalue weighted by Crippen LogP contribution is -2.02. The second-order valence-electron chi connectivity index (χ2n) is 3.66. The molecular weight excluding hydrogens is 194 g/mol. The van der Waals surface area contributed by atoms with E-state index in [2.05, 4.69) is 4.98 Å². The summed E-state index contributed by atoms with van der Waals surface area (Å²) in [5.74, 6) is -0.845. The lowest BCUT2D eigenvalue weighted by molar-refractivity contribution is -0.137. The molecular formula is C11H15NO3. The standard InChI is InChI=1S/C11H15NO3/c1-7-6-9(8(2)12-7)10(13)4-3-5-11(14)15/h6,12H,3-5H2,1-2H3,(H,14,15). The van der Waals surface area contributed by atoms with Crippen molar-refractivity contribution in [3.05, 3.63) is 23.0 Å². The summed E-state index contributed by atoms with van der Waals surface area (Å²) < 4.78 is 0. The fraction of sp³-hybridized carbons (Fsp3) is 0.455. The molecule has 0 bridgehead atoms. The molecule has 2 N–H and O–H groups in total. The topological polar surface area (TPSA) is 70.2 Å². The third kappa shape index (κ3) is 3.23. The molecule has 0 atom stereocenters. The number of aromatic nitrogens is 1. The number of ketones is 1. The van der Waals surface area contributed by atoms with Gasteiger partial charge in [0.05, 0.1) is 0 Å². The highest BCUT2D eigenvalue weighted by Gasteiger charge is 2.11. The number of carbonyl (C=O) groups excluding carboxylic acids is 1. The van der Waals surface area contributed by atoms with E-state index in [0.29, 0.717) is 18.4 Å². The van der Waals surface area contributed by atoms with Gasteiger partial charge in [-0.3, -0.25) is 9.59 Å². The molecule has 1 aromatic heterocycles. The Morgan fingerprint density at radius 2 is 2.00 bits per heavy atom. The molecule has 0 aliphatic carbocycles. The van der Waals surface area contributed by atoms with E-state index in [1.54, 1.807) is 6.07 Å². The summed E-state index contributed by atoms with van der Waals surface area (Å²) in [6.45, 7) is 3.73. The van der Waals surface area contributed by atoms with Gasteiger partial charge in [-0.2, -0.15) is 0 Å². The van der Waals surface area contributed by atoms with Crippen molar-refractivity contribution in [2.75, 3.05) is 0 Å². The van der Waals surface area contributed by atoms with Crippen LogP contribution in [-0.4, -0.2) is 21.8 Å². The number of carboxylic acids is 1. The summed E-state index contributed by atoms with van der Waals surface area (Å²) >= 11 is 0. The number of carbonyl (C=O) groups is 2. The zero-order chi connectivity index (χ0) is 11.4. The monoisotopic (exact) mass is 209 g/mol. The Bertz CT molecular complexity index is 379. The zero-order valence-corrected chi connectivity index (χ0v) is 8.96. The highest BCUT2D eigenvalue weighted by Crippen LogP contribution is 2.13. The van der Waals surface area contributed by atoms with Gasteiger partial charge in [-0.25, -0.2) is 0 Å². The van der Waals surface area contributed by atoms with Crippen LogP contribution in [0.25, 0.3) is 0 Å². The molecule has 0 saturated carbocycles. The van der Waals surface area contributed by atoms with Crippen molar-refractivity contribution in [3.8, 4) is 0 Å². The number of Topliss-reactive ketones (excluding diaryl/α,β-unsaturated/α-hetero) is 1. The van der Waals surface area contributed by atoms with Crippen molar-refractivity contribution in [3.63, 3.8) is 0 Å². The lowest BCUT2D eigenvalue weighted by atomic mass is 10.1. The maximum absolute atomic E-state index is 11.6. The van der Waals surface area contributed by atoms with Crippen LogP contribution < -0.4 is 0 Å². The second-order valence-corrected chi connectivity index (χ2v) is 3.66. The van der Waals surface area contributed by atoms with Crippen LogP contribution in [-0.2, 0) is 4.79 Å². The third-order valence-corrected chi connectivity index (χ3v) is 2.24. The number of aryl methyl sites for hydroxylation is 2. The summed E-state index contributed by atoms with van der Waals surface area (Å²) in [7, 11) is 0. The number of H-pyrrole nitrogens is 1. The second kappa shape index (κ2) is 4.77. The Hall–Kier alpha value is -1.58. The summed E-state index contributed by atoms with van der Waals surface area (Å²) in [4.78, 5) is 25.0. The summed E-state index contributed by atoms with van der Waals surface area (Å²) in [5.41, 5.74) is 2.49. The van der Waals surface area contributed by atoms with Crippen LogP contribution in [0.3, 0.4) is 0 Å². The van der Waals surface area contributed by atoms with Crippen molar-refractivity contribution in [2.45, 2.75) is 33.1 Å².